The van der Waals surface area contributed by atoms with Crippen molar-refractivity contribution in [2.45, 2.75) is 71.6 Å². The van der Waals surface area contributed by atoms with Crippen LogP contribution < -0.4 is 5.32 Å². The Labute approximate surface area is 360 Å². The van der Waals surface area contributed by atoms with Gasteiger partial charge in [-0.3, -0.25) is 0 Å². The Morgan fingerprint density at radius 3 is 1.84 bits per heavy atom. The molecular formula is C59H53NO. The molecule has 0 saturated heterocycles. The maximum absolute atomic E-state index is 6.22. The van der Waals surface area contributed by atoms with Gasteiger partial charge in [0.15, 0.2) is 0 Å². The van der Waals surface area contributed by atoms with Gasteiger partial charge in [0.25, 0.3) is 0 Å². The molecular weight excluding hydrogens is 739 g/mol. The van der Waals surface area contributed by atoms with Crippen molar-refractivity contribution in [3.63, 3.8) is 0 Å². The minimum atomic E-state index is -0.209. The van der Waals surface area contributed by atoms with Crippen molar-refractivity contribution in [3.8, 4) is 55.6 Å². The summed E-state index contributed by atoms with van der Waals surface area (Å²) in [4.78, 5) is 0. The van der Waals surface area contributed by atoms with Crippen molar-refractivity contribution in [2.24, 2.45) is 0 Å². The molecule has 0 bridgehead atoms. The zero-order valence-electron chi connectivity index (χ0n) is 36.6. The number of para-hydroxylation sites is 2. The number of nitrogens with one attached hydrogen (secondary N) is 1. The minimum Gasteiger partial charge on any atom is -0.456 e. The number of rotatable bonds is 6. The van der Waals surface area contributed by atoms with Crippen LogP contribution in [-0.2, 0) is 16.2 Å². The van der Waals surface area contributed by atoms with Gasteiger partial charge in [-0.1, -0.05) is 183 Å². The lowest BCUT2D eigenvalue weighted by Crippen LogP contribution is -2.21. The summed E-state index contributed by atoms with van der Waals surface area (Å²) in [5.74, 6) is 0. The molecule has 1 heterocycles. The number of hydrogen-bond donors (Lipinski definition) is 1. The molecule has 0 amide bonds. The van der Waals surface area contributed by atoms with Crippen LogP contribution in [0.3, 0.4) is 0 Å². The fourth-order valence-electron chi connectivity index (χ4n) is 9.59. The van der Waals surface area contributed by atoms with E-state index in [1.54, 1.807) is 0 Å². The standard InChI is InChI=1S/C59H53NO/c1-57(2,3)42-35-49(58(4,5)6)55-50(36-42)59(7,8)48-31-30-44(41-20-16-19-39(33-41)40-27-32-53-47(34-40)45-21-13-15-24-52(45)61-53)54(56(48)55)46-22-12-14-23-51(46)60-43-28-25-38(26-29-43)37-17-10-9-11-18-37/h9-36,60H,1-8H3. The lowest BCUT2D eigenvalue weighted by molar-refractivity contribution is 0.564. The van der Waals surface area contributed by atoms with Gasteiger partial charge in [-0.25, -0.2) is 0 Å². The predicted molar refractivity (Wildman–Crippen MR) is 260 cm³/mol. The summed E-state index contributed by atoms with van der Waals surface area (Å²) in [7, 11) is 0. The van der Waals surface area contributed by atoms with Gasteiger partial charge in [0, 0.05) is 33.1 Å². The molecule has 9 aromatic rings. The average molecular weight is 792 g/mol. The number of fused-ring (bicyclic) bond motifs is 6. The van der Waals surface area contributed by atoms with Crippen molar-refractivity contribution >= 4 is 33.3 Å². The van der Waals surface area contributed by atoms with Gasteiger partial charge in [0.1, 0.15) is 11.2 Å². The summed E-state index contributed by atoms with van der Waals surface area (Å²) in [6.07, 6.45) is 0. The molecule has 300 valence electrons. The molecule has 0 unspecified atom stereocenters. The number of anilines is 2. The first-order chi connectivity index (χ1) is 29.3. The SMILES string of the molecule is CC(C)(C)c1cc(C(C)(C)C)c2c(c1)C(C)(C)c1ccc(-c3cccc(-c4ccc5oc6ccccc6c5c4)c3)c(-c3ccccc3Nc3ccc(-c4ccccc4)cc3)c1-2. The van der Waals surface area contributed by atoms with Gasteiger partial charge >= 0.3 is 0 Å². The van der Waals surface area contributed by atoms with E-state index in [9.17, 15) is 0 Å². The first-order valence-corrected chi connectivity index (χ1v) is 21.7. The van der Waals surface area contributed by atoms with E-state index >= 15 is 0 Å². The Morgan fingerprint density at radius 1 is 0.426 bits per heavy atom. The summed E-state index contributed by atoms with van der Waals surface area (Å²) in [5.41, 5.74) is 21.5. The monoisotopic (exact) mass is 791 g/mol. The van der Waals surface area contributed by atoms with Crippen molar-refractivity contribution in [1.82, 2.24) is 0 Å². The third kappa shape index (κ3) is 6.66. The quantitative estimate of drug-likeness (QED) is 0.181. The Bertz CT molecular complexity index is 3130. The maximum atomic E-state index is 6.22. The van der Waals surface area contributed by atoms with Gasteiger partial charge in [0.05, 0.1) is 0 Å². The van der Waals surface area contributed by atoms with E-state index in [2.05, 4.69) is 218 Å². The van der Waals surface area contributed by atoms with Crippen molar-refractivity contribution < 1.29 is 4.42 Å². The Hall–Kier alpha value is -6.64. The molecule has 1 aromatic heterocycles. The highest BCUT2D eigenvalue weighted by atomic mass is 16.3. The van der Waals surface area contributed by atoms with Crippen molar-refractivity contribution in [3.05, 3.63) is 192 Å². The van der Waals surface area contributed by atoms with Crippen LogP contribution in [0.4, 0.5) is 11.4 Å². The van der Waals surface area contributed by atoms with Crippen LogP contribution in [0, 0.1) is 0 Å². The molecule has 1 aliphatic rings. The largest absolute Gasteiger partial charge is 0.456 e. The lowest BCUT2D eigenvalue weighted by Gasteiger charge is -2.30. The fraction of sp³-hybridized carbons (Fsp3) is 0.186. The Balaban J connectivity index is 1.20. The van der Waals surface area contributed by atoms with Crippen LogP contribution in [0.25, 0.3) is 77.6 Å². The lowest BCUT2D eigenvalue weighted by atomic mass is 9.74. The summed E-state index contributed by atoms with van der Waals surface area (Å²) in [6.45, 7) is 19.0. The zero-order chi connectivity index (χ0) is 42.3. The van der Waals surface area contributed by atoms with E-state index in [1.807, 2.05) is 12.1 Å². The van der Waals surface area contributed by atoms with Crippen LogP contribution >= 0.6 is 0 Å². The molecule has 10 rings (SSSR count). The molecule has 1 aliphatic carbocycles. The van der Waals surface area contributed by atoms with Gasteiger partial charge in [-0.2, -0.15) is 0 Å². The Morgan fingerprint density at radius 2 is 1.07 bits per heavy atom. The third-order valence-electron chi connectivity index (χ3n) is 13.0. The molecule has 0 aliphatic heterocycles. The van der Waals surface area contributed by atoms with E-state index in [0.29, 0.717) is 0 Å². The number of furan rings is 1. The van der Waals surface area contributed by atoms with Gasteiger partial charge < -0.3 is 9.73 Å². The summed E-state index contributed by atoms with van der Waals surface area (Å²) < 4.78 is 6.22. The van der Waals surface area contributed by atoms with E-state index < -0.39 is 0 Å². The van der Waals surface area contributed by atoms with Gasteiger partial charge in [-0.15, -0.1) is 0 Å². The second-order valence-electron chi connectivity index (χ2n) is 19.5. The van der Waals surface area contributed by atoms with Gasteiger partial charge in [-0.05, 0) is 126 Å². The molecule has 0 radical (unpaired) electrons. The second-order valence-corrected chi connectivity index (χ2v) is 19.5. The van der Waals surface area contributed by atoms with Crippen molar-refractivity contribution in [2.75, 3.05) is 5.32 Å². The topological polar surface area (TPSA) is 25.2 Å². The van der Waals surface area contributed by atoms with Crippen LogP contribution in [0.1, 0.15) is 77.6 Å². The van der Waals surface area contributed by atoms with E-state index in [-0.39, 0.29) is 16.2 Å². The third-order valence-corrected chi connectivity index (χ3v) is 13.0. The molecule has 0 saturated carbocycles. The summed E-state index contributed by atoms with van der Waals surface area (Å²) in [5, 5.41) is 6.17. The van der Waals surface area contributed by atoms with Crippen LogP contribution in [0.2, 0.25) is 0 Å². The van der Waals surface area contributed by atoms with Crippen molar-refractivity contribution in [1.29, 1.82) is 0 Å². The summed E-state index contributed by atoms with van der Waals surface area (Å²) >= 11 is 0. The second kappa shape index (κ2) is 14.2. The molecule has 0 fully saturated rings. The predicted octanol–water partition coefficient (Wildman–Crippen LogP) is 16.9. The highest BCUT2D eigenvalue weighted by Gasteiger charge is 2.42. The van der Waals surface area contributed by atoms with E-state index in [0.717, 1.165) is 33.3 Å². The highest BCUT2D eigenvalue weighted by molar-refractivity contribution is 6.07. The Kier molecular flexibility index (Phi) is 9.00. The van der Waals surface area contributed by atoms with Crippen LogP contribution in [0.5, 0.6) is 0 Å². The number of benzene rings is 8. The molecule has 61 heavy (non-hydrogen) atoms. The van der Waals surface area contributed by atoms with E-state index in [4.69, 9.17) is 4.42 Å². The first kappa shape index (κ1) is 38.6. The molecule has 1 N–H and O–H groups in total. The highest BCUT2D eigenvalue weighted by Crippen LogP contribution is 2.58. The first-order valence-electron chi connectivity index (χ1n) is 21.7. The molecule has 2 heteroatoms. The minimum absolute atomic E-state index is 0.00660. The molecule has 8 aromatic carbocycles. The fourth-order valence-corrected chi connectivity index (χ4v) is 9.59. The summed E-state index contributed by atoms with van der Waals surface area (Å²) in [6, 6.07) is 62.1. The van der Waals surface area contributed by atoms with Crippen LogP contribution in [-0.4, -0.2) is 0 Å². The van der Waals surface area contributed by atoms with E-state index in [1.165, 1.54) is 77.9 Å². The molecule has 0 atom stereocenters. The maximum Gasteiger partial charge on any atom is 0.135 e. The molecule has 2 nitrogen and oxygen atoms in total. The molecule has 0 spiro atoms. The van der Waals surface area contributed by atoms with Gasteiger partial charge in [0.2, 0.25) is 0 Å². The van der Waals surface area contributed by atoms with Crippen LogP contribution in [0.15, 0.2) is 174 Å². The average Bonchev–Trinajstić information content (AvgIpc) is 3.74. The number of hydrogen-bond acceptors (Lipinski definition) is 2. The smallest absolute Gasteiger partial charge is 0.135 e. The zero-order valence-corrected chi connectivity index (χ0v) is 36.6. The normalized spacial score (nSPS) is 13.4.